The highest BCUT2D eigenvalue weighted by Crippen LogP contribution is 2.21. The molecule has 5 heteroatoms. The van der Waals surface area contributed by atoms with E-state index >= 15 is 0 Å². The Morgan fingerprint density at radius 2 is 2.06 bits per heavy atom. The molecule has 1 heterocycles. The molecule has 0 radical (unpaired) electrons. The molecule has 4 nitrogen and oxygen atoms in total. The molecule has 0 aliphatic rings. The van der Waals surface area contributed by atoms with Crippen LogP contribution in [-0.4, -0.2) is 34.6 Å². The molecule has 18 heavy (non-hydrogen) atoms. The van der Waals surface area contributed by atoms with Crippen LogP contribution in [0.15, 0.2) is 23.4 Å². The van der Waals surface area contributed by atoms with Gasteiger partial charge in [-0.15, -0.1) is 0 Å². The first-order valence-electron chi connectivity index (χ1n) is 6.30. The largest absolute Gasteiger partial charge is 0.397 e. The van der Waals surface area contributed by atoms with Gasteiger partial charge in [0.2, 0.25) is 5.91 Å². The molecule has 0 atom stereocenters. The second-order valence-corrected chi connectivity index (χ2v) is 5.03. The van der Waals surface area contributed by atoms with Gasteiger partial charge in [-0.25, -0.2) is 4.98 Å². The number of nitrogen functional groups attached to an aromatic ring is 1. The Kier molecular flexibility index (Phi) is 6.57. The molecule has 1 aromatic heterocycles. The lowest BCUT2D eigenvalue weighted by Crippen LogP contribution is -2.33. The van der Waals surface area contributed by atoms with Crippen molar-refractivity contribution in [1.82, 2.24) is 9.88 Å². The summed E-state index contributed by atoms with van der Waals surface area (Å²) < 4.78 is 0. The molecule has 0 saturated heterocycles. The molecule has 1 aromatic rings. The van der Waals surface area contributed by atoms with Crippen molar-refractivity contribution in [2.24, 2.45) is 0 Å². The lowest BCUT2D eigenvalue weighted by atomic mass is 10.3. The zero-order valence-corrected chi connectivity index (χ0v) is 11.9. The number of pyridine rings is 1. The topological polar surface area (TPSA) is 59.2 Å². The number of rotatable bonds is 7. The fourth-order valence-electron chi connectivity index (χ4n) is 1.65. The average Bonchev–Trinajstić information content (AvgIpc) is 2.37. The van der Waals surface area contributed by atoms with Crippen molar-refractivity contribution >= 4 is 23.4 Å². The van der Waals surface area contributed by atoms with Gasteiger partial charge < -0.3 is 10.6 Å². The van der Waals surface area contributed by atoms with Crippen LogP contribution in [0.2, 0.25) is 0 Å². The summed E-state index contributed by atoms with van der Waals surface area (Å²) in [5, 5.41) is 0.735. The Bertz CT molecular complexity index is 378. The Labute approximate surface area is 113 Å². The van der Waals surface area contributed by atoms with Crippen molar-refractivity contribution in [2.45, 2.75) is 31.7 Å². The quantitative estimate of drug-likeness (QED) is 0.771. The maximum absolute atomic E-state index is 12.0. The molecule has 2 N–H and O–H groups in total. The molecule has 0 aliphatic carbocycles. The predicted octanol–water partition coefficient (Wildman–Crippen LogP) is 2.40. The van der Waals surface area contributed by atoms with Crippen molar-refractivity contribution in [3.8, 4) is 0 Å². The van der Waals surface area contributed by atoms with Gasteiger partial charge in [0.05, 0.1) is 11.4 Å². The van der Waals surface area contributed by atoms with E-state index in [2.05, 4.69) is 18.8 Å². The number of anilines is 1. The van der Waals surface area contributed by atoms with Crippen molar-refractivity contribution in [3.05, 3.63) is 18.3 Å². The van der Waals surface area contributed by atoms with Crippen LogP contribution >= 0.6 is 11.8 Å². The fourth-order valence-corrected chi connectivity index (χ4v) is 2.46. The van der Waals surface area contributed by atoms with E-state index in [1.807, 2.05) is 4.90 Å². The van der Waals surface area contributed by atoms with E-state index in [-0.39, 0.29) is 5.91 Å². The van der Waals surface area contributed by atoms with E-state index in [1.165, 1.54) is 11.8 Å². The van der Waals surface area contributed by atoms with Gasteiger partial charge in [-0.05, 0) is 25.0 Å². The van der Waals surface area contributed by atoms with Crippen molar-refractivity contribution in [2.75, 3.05) is 24.6 Å². The molecule has 1 rings (SSSR count). The Morgan fingerprint density at radius 1 is 1.39 bits per heavy atom. The molecule has 1 amide bonds. The predicted molar refractivity (Wildman–Crippen MR) is 76.5 cm³/mol. The molecule has 0 aromatic carbocycles. The van der Waals surface area contributed by atoms with Gasteiger partial charge in [-0.2, -0.15) is 0 Å². The molecule has 0 bridgehead atoms. The lowest BCUT2D eigenvalue weighted by molar-refractivity contribution is -0.128. The first kappa shape index (κ1) is 14.8. The first-order chi connectivity index (χ1) is 8.69. The highest BCUT2D eigenvalue weighted by Gasteiger charge is 2.13. The van der Waals surface area contributed by atoms with E-state index in [4.69, 9.17) is 5.73 Å². The van der Waals surface area contributed by atoms with Crippen LogP contribution in [0.1, 0.15) is 26.7 Å². The minimum absolute atomic E-state index is 0.161. The lowest BCUT2D eigenvalue weighted by Gasteiger charge is -2.21. The number of nitrogens with two attached hydrogens (primary N) is 1. The average molecular weight is 267 g/mol. The highest BCUT2D eigenvalue weighted by atomic mass is 32.2. The third kappa shape index (κ3) is 4.56. The summed E-state index contributed by atoms with van der Waals surface area (Å²) in [6.07, 6.45) is 3.67. The molecule has 0 saturated carbocycles. The second kappa shape index (κ2) is 7.97. The van der Waals surface area contributed by atoms with Gasteiger partial charge in [0.1, 0.15) is 5.03 Å². The Balaban J connectivity index is 2.51. The third-order valence-electron chi connectivity index (χ3n) is 2.47. The summed E-state index contributed by atoms with van der Waals surface area (Å²) in [7, 11) is 0. The Hall–Kier alpha value is -1.23. The molecule has 0 unspecified atom stereocenters. The number of hydrogen-bond donors (Lipinski definition) is 1. The van der Waals surface area contributed by atoms with Crippen LogP contribution in [0.4, 0.5) is 5.69 Å². The summed E-state index contributed by atoms with van der Waals surface area (Å²) in [6.45, 7) is 5.81. The van der Waals surface area contributed by atoms with Crippen molar-refractivity contribution < 1.29 is 4.79 Å². The number of carbonyl (C=O) groups is 1. The third-order valence-corrected chi connectivity index (χ3v) is 3.48. The van der Waals surface area contributed by atoms with Gasteiger partial charge in [-0.1, -0.05) is 25.6 Å². The summed E-state index contributed by atoms with van der Waals surface area (Å²) in [5.41, 5.74) is 6.42. The number of amides is 1. The second-order valence-electron chi connectivity index (χ2n) is 4.07. The summed E-state index contributed by atoms with van der Waals surface area (Å²) >= 11 is 1.41. The molecule has 0 aliphatic heterocycles. The minimum Gasteiger partial charge on any atom is -0.397 e. The van der Waals surface area contributed by atoms with E-state index in [0.29, 0.717) is 11.4 Å². The van der Waals surface area contributed by atoms with Crippen molar-refractivity contribution in [1.29, 1.82) is 0 Å². The zero-order valence-electron chi connectivity index (χ0n) is 11.1. The van der Waals surface area contributed by atoms with Gasteiger partial charge in [0, 0.05) is 19.3 Å². The molecule has 100 valence electrons. The van der Waals surface area contributed by atoms with E-state index < -0.39 is 0 Å². The highest BCUT2D eigenvalue weighted by molar-refractivity contribution is 8.00. The number of aromatic nitrogens is 1. The smallest absolute Gasteiger partial charge is 0.232 e. The van der Waals surface area contributed by atoms with Gasteiger partial charge in [0.15, 0.2) is 0 Å². The van der Waals surface area contributed by atoms with Crippen LogP contribution in [0.5, 0.6) is 0 Å². The van der Waals surface area contributed by atoms with Crippen LogP contribution in [-0.2, 0) is 4.79 Å². The van der Waals surface area contributed by atoms with Gasteiger partial charge in [0.25, 0.3) is 0 Å². The summed E-state index contributed by atoms with van der Waals surface area (Å²) in [6, 6.07) is 3.59. The Morgan fingerprint density at radius 3 is 2.61 bits per heavy atom. The first-order valence-corrected chi connectivity index (χ1v) is 7.28. The molecule has 0 fully saturated rings. The monoisotopic (exact) mass is 267 g/mol. The normalized spacial score (nSPS) is 10.3. The number of nitrogens with zero attached hydrogens (tertiary/aromatic N) is 2. The van der Waals surface area contributed by atoms with Gasteiger partial charge in [-0.3, -0.25) is 4.79 Å². The van der Waals surface area contributed by atoms with Crippen molar-refractivity contribution in [3.63, 3.8) is 0 Å². The number of thioether (sulfide) groups is 1. The van der Waals surface area contributed by atoms with E-state index in [9.17, 15) is 4.79 Å². The minimum atomic E-state index is 0.161. The summed E-state index contributed by atoms with van der Waals surface area (Å²) in [4.78, 5) is 18.1. The van der Waals surface area contributed by atoms with E-state index in [1.54, 1.807) is 18.3 Å². The number of carbonyl (C=O) groups excluding carboxylic acids is 1. The van der Waals surface area contributed by atoms with Crippen LogP contribution in [0.25, 0.3) is 0 Å². The maximum Gasteiger partial charge on any atom is 0.232 e. The zero-order chi connectivity index (χ0) is 13.4. The molecular weight excluding hydrogens is 246 g/mol. The molecule has 0 spiro atoms. The van der Waals surface area contributed by atoms with E-state index in [0.717, 1.165) is 31.0 Å². The van der Waals surface area contributed by atoms with Gasteiger partial charge >= 0.3 is 0 Å². The number of hydrogen-bond acceptors (Lipinski definition) is 4. The maximum atomic E-state index is 12.0. The fraction of sp³-hybridized carbons (Fsp3) is 0.538. The van der Waals surface area contributed by atoms with Crippen LogP contribution in [0, 0.1) is 0 Å². The SMILES string of the molecule is CCCN(CCC)C(=O)CSc1ncccc1N. The standard InChI is InChI=1S/C13H21N3OS/c1-3-8-16(9-4-2)12(17)10-18-13-11(14)6-5-7-15-13/h5-7H,3-4,8-10,14H2,1-2H3. The van der Waals surface area contributed by atoms with Crippen LogP contribution in [0.3, 0.4) is 0 Å². The summed E-state index contributed by atoms with van der Waals surface area (Å²) in [5.74, 6) is 0.565. The van der Waals surface area contributed by atoms with Crippen LogP contribution < -0.4 is 5.73 Å². The molecular formula is C13H21N3OS.